The number of phenolic OH excluding ortho intramolecular Hbond substituents is 1. The second-order valence-electron chi connectivity index (χ2n) is 5.12. The van der Waals surface area contributed by atoms with E-state index in [-0.39, 0.29) is 11.3 Å². The Kier molecular flexibility index (Phi) is 4.42. The van der Waals surface area contributed by atoms with Gasteiger partial charge in [-0.2, -0.15) is 5.10 Å². The van der Waals surface area contributed by atoms with Crippen LogP contribution in [-0.2, 0) is 6.54 Å². The van der Waals surface area contributed by atoms with Crippen LogP contribution in [-0.4, -0.2) is 32.9 Å². The molecule has 24 heavy (non-hydrogen) atoms. The minimum atomic E-state index is -0.418. The van der Waals surface area contributed by atoms with Crippen molar-refractivity contribution < 1.29 is 14.6 Å². The standard InChI is InChI=1S/C17H16N4O3/c1-24-14-2-3-15(16(22)8-14)17(23)20-13-9-19-21(11-13)10-12-4-6-18-7-5-12/h2-9,11,22H,10H2,1H3,(H,20,23). The van der Waals surface area contributed by atoms with Gasteiger partial charge in [-0.05, 0) is 29.8 Å². The maximum Gasteiger partial charge on any atom is 0.259 e. The molecule has 0 unspecified atom stereocenters. The number of phenols is 1. The van der Waals surface area contributed by atoms with Crippen LogP contribution in [0.25, 0.3) is 0 Å². The van der Waals surface area contributed by atoms with Crippen LogP contribution in [0.1, 0.15) is 15.9 Å². The number of rotatable bonds is 5. The fourth-order valence-electron chi connectivity index (χ4n) is 2.22. The maximum atomic E-state index is 12.2. The van der Waals surface area contributed by atoms with Crippen LogP contribution in [0.5, 0.6) is 11.5 Å². The number of hydrogen-bond donors (Lipinski definition) is 2. The zero-order valence-corrected chi connectivity index (χ0v) is 13.0. The summed E-state index contributed by atoms with van der Waals surface area (Å²) in [5.41, 5.74) is 1.76. The molecule has 0 bridgehead atoms. The summed E-state index contributed by atoms with van der Waals surface area (Å²) in [6.07, 6.45) is 6.71. The van der Waals surface area contributed by atoms with Crippen molar-refractivity contribution in [3.05, 3.63) is 66.2 Å². The minimum absolute atomic E-state index is 0.143. The van der Waals surface area contributed by atoms with E-state index in [0.717, 1.165) is 5.56 Å². The third-order valence-electron chi connectivity index (χ3n) is 3.43. The molecular formula is C17H16N4O3. The molecule has 1 aromatic carbocycles. The first-order valence-corrected chi connectivity index (χ1v) is 7.25. The summed E-state index contributed by atoms with van der Waals surface area (Å²) in [7, 11) is 1.49. The van der Waals surface area contributed by atoms with Gasteiger partial charge in [-0.15, -0.1) is 0 Å². The van der Waals surface area contributed by atoms with E-state index < -0.39 is 5.91 Å². The molecule has 0 aliphatic carbocycles. The largest absolute Gasteiger partial charge is 0.507 e. The van der Waals surface area contributed by atoms with Gasteiger partial charge in [0.2, 0.25) is 0 Å². The molecular weight excluding hydrogens is 308 g/mol. The number of nitrogens with one attached hydrogen (secondary N) is 1. The van der Waals surface area contributed by atoms with E-state index in [1.807, 2.05) is 12.1 Å². The second kappa shape index (κ2) is 6.82. The van der Waals surface area contributed by atoms with Gasteiger partial charge in [-0.1, -0.05) is 0 Å². The number of nitrogens with zero attached hydrogens (tertiary/aromatic N) is 3. The lowest BCUT2D eigenvalue weighted by Gasteiger charge is -2.06. The van der Waals surface area contributed by atoms with Crippen molar-refractivity contribution in [1.82, 2.24) is 14.8 Å². The lowest BCUT2D eigenvalue weighted by molar-refractivity contribution is 0.102. The van der Waals surface area contributed by atoms with Crippen LogP contribution in [0, 0.1) is 0 Å². The summed E-state index contributed by atoms with van der Waals surface area (Å²) in [5, 5.41) is 16.8. The van der Waals surface area contributed by atoms with Gasteiger partial charge in [-0.3, -0.25) is 14.5 Å². The molecule has 7 nitrogen and oxygen atoms in total. The van der Waals surface area contributed by atoms with Gasteiger partial charge in [0.1, 0.15) is 11.5 Å². The molecule has 0 fully saturated rings. The molecule has 0 aliphatic heterocycles. The highest BCUT2D eigenvalue weighted by molar-refractivity contribution is 6.06. The van der Waals surface area contributed by atoms with Crippen molar-refractivity contribution in [3.63, 3.8) is 0 Å². The molecule has 1 amide bonds. The van der Waals surface area contributed by atoms with E-state index in [0.29, 0.717) is 18.0 Å². The second-order valence-corrected chi connectivity index (χ2v) is 5.12. The molecule has 0 radical (unpaired) electrons. The van der Waals surface area contributed by atoms with E-state index in [1.54, 1.807) is 35.5 Å². The first-order chi connectivity index (χ1) is 11.7. The van der Waals surface area contributed by atoms with Gasteiger partial charge >= 0.3 is 0 Å². The summed E-state index contributed by atoms with van der Waals surface area (Å²) >= 11 is 0. The van der Waals surface area contributed by atoms with Crippen molar-refractivity contribution in [2.24, 2.45) is 0 Å². The number of pyridine rings is 1. The van der Waals surface area contributed by atoms with Crippen LogP contribution in [0.15, 0.2) is 55.1 Å². The number of aromatic hydroxyl groups is 1. The number of carbonyl (C=O) groups is 1. The van der Waals surface area contributed by atoms with Gasteiger partial charge in [0, 0.05) is 24.7 Å². The fraction of sp³-hybridized carbons (Fsp3) is 0.118. The smallest absolute Gasteiger partial charge is 0.259 e. The summed E-state index contributed by atoms with van der Waals surface area (Å²) in [4.78, 5) is 16.2. The van der Waals surface area contributed by atoms with E-state index in [2.05, 4.69) is 15.4 Å². The van der Waals surface area contributed by atoms with E-state index in [4.69, 9.17) is 4.74 Å². The van der Waals surface area contributed by atoms with Crippen molar-refractivity contribution in [2.45, 2.75) is 6.54 Å². The number of ether oxygens (including phenoxy) is 1. The highest BCUT2D eigenvalue weighted by Gasteiger charge is 2.13. The summed E-state index contributed by atoms with van der Waals surface area (Å²) < 4.78 is 6.71. The number of methoxy groups -OCH3 is 1. The molecule has 2 heterocycles. The first-order valence-electron chi connectivity index (χ1n) is 7.25. The number of amides is 1. The highest BCUT2D eigenvalue weighted by Crippen LogP contribution is 2.24. The molecule has 0 atom stereocenters. The molecule has 3 aromatic rings. The Balaban J connectivity index is 1.69. The van der Waals surface area contributed by atoms with Crippen LogP contribution in [0.2, 0.25) is 0 Å². The van der Waals surface area contributed by atoms with Gasteiger partial charge in [-0.25, -0.2) is 0 Å². The van der Waals surface area contributed by atoms with Crippen LogP contribution < -0.4 is 10.1 Å². The monoisotopic (exact) mass is 324 g/mol. The van der Waals surface area contributed by atoms with Crippen molar-refractivity contribution in [2.75, 3.05) is 12.4 Å². The molecule has 2 aromatic heterocycles. The number of anilines is 1. The lowest BCUT2D eigenvalue weighted by Crippen LogP contribution is -2.11. The predicted molar refractivity (Wildman–Crippen MR) is 88.2 cm³/mol. The van der Waals surface area contributed by atoms with Crippen molar-refractivity contribution in [1.29, 1.82) is 0 Å². The molecule has 7 heteroatoms. The Bertz CT molecular complexity index is 846. The van der Waals surface area contributed by atoms with Crippen molar-refractivity contribution in [3.8, 4) is 11.5 Å². The van der Waals surface area contributed by atoms with Gasteiger partial charge in [0.05, 0.1) is 31.1 Å². The SMILES string of the molecule is COc1ccc(C(=O)Nc2cnn(Cc3ccncc3)c2)c(O)c1. The molecule has 3 rings (SSSR count). The lowest BCUT2D eigenvalue weighted by atomic mass is 10.2. The molecule has 0 saturated carbocycles. The molecule has 0 saturated heterocycles. The summed E-state index contributed by atoms with van der Waals surface area (Å²) in [6.45, 7) is 0.576. The fourth-order valence-corrected chi connectivity index (χ4v) is 2.22. The maximum absolute atomic E-state index is 12.2. The van der Waals surface area contributed by atoms with E-state index >= 15 is 0 Å². The van der Waals surface area contributed by atoms with Gasteiger partial charge in [0.25, 0.3) is 5.91 Å². The Morgan fingerprint density at radius 2 is 2.08 bits per heavy atom. The molecule has 2 N–H and O–H groups in total. The topological polar surface area (TPSA) is 89.3 Å². The zero-order chi connectivity index (χ0) is 16.9. The Morgan fingerprint density at radius 1 is 1.29 bits per heavy atom. The van der Waals surface area contributed by atoms with E-state index in [1.165, 1.54) is 19.2 Å². The summed E-state index contributed by atoms with van der Waals surface area (Å²) in [5.74, 6) is -0.0798. The average molecular weight is 324 g/mol. The third-order valence-corrected chi connectivity index (χ3v) is 3.43. The van der Waals surface area contributed by atoms with Crippen LogP contribution in [0.3, 0.4) is 0 Å². The third kappa shape index (κ3) is 3.52. The highest BCUT2D eigenvalue weighted by atomic mass is 16.5. The normalized spacial score (nSPS) is 10.4. The van der Waals surface area contributed by atoms with Gasteiger partial charge in [0.15, 0.2) is 0 Å². The first kappa shape index (κ1) is 15.5. The Hall–Kier alpha value is -3.35. The quantitative estimate of drug-likeness (QED) is 0.751. The Labute approximate surface area is 138 Å². The minimum Gasteiger partial charge on any atom is -0.507 e. The van der Waals surface area contributed by atoms with Crippen molar-refractivity contribution >= 4 is 11.6 Å². The van der Waals surface area contributed by atoms with Crippen LogP contribution in [0.4, 0.5) is 5.69 Å². The average Bonchev–Trinajstić information content (AvgIpc) is 3.02. The van der Waals surface area contributed by atoms with Gasteiger partial charge < -0.3 is 15.2 Å². The number of benzene rings is 1. The predicted octanol–water partition coefficient (Wildman–Crippen LogP) is 2.29. The van der Waals surface area contributed by atoms with Crippen LogP contribution >= 0.6 is 0 Å². The Morgan fingerprint density at radius 3 is 2.79 bits per heavy atom. The number of aromatic nitrogens is 3. The molecule has 0 aliphatic rings. The molecule has 122 valence electrons. The number of carbonyl (C=O) groups excluding carboxylic acids is 1. The molecule has 0 spiro atoms. The zero-order valence-electron chi connectivity index (χ0n) is 13.0. The van der Waals surface area contributed by atoms with E-state index in [9.17, 15) is 9.90 Å². The number of hydrogen-bond acceptors (Lipinski definition) is 5. The summed E-state index contributed by atoms with van der Waals surface area (Å²) in [6, 6.07) is 8.30.